The van der Waals surface area contributed by atoms with Crippen LogP contribution in [0.25, 0.3) is 0 Å². The smallest absolute Gasteiger partial charge is 0.162 e. The second-order valence-corrected chi connectivity index (χ2v) is 3.26. The van der Waals surface area contributed by atoms with Crippen molar-refractivity contribution in [3.05, 3.63) is 23.3 Å². The lowest BCUT2D eigenvalue weighted by molar-refractivity contribution is 0.354. The number of nitriles is 1. The van der Waals surface area contributed by atoms with Gasteiger partial charge in [0.25, 0.3) is 0 Å². The lowest BCUT2D eigenvalue weighted by atomic mass is 10.1. The summed E-state index contributed by atoms with van der Waals surface area (Å²) in [4.78, 5) is 0. The zero-order valence-corrected chi connectivity index (χ0v) is 9.83. The number of nitrogens with one attached hydrogen (secondary N) is 1. The van der Waals surface area contributed by atoms with E-state index in [0.717, 1.165) is 12.1 Å². The van der Waals surface area contributed by atoms with Crippen molar-refractivity contribution in [1.82, 2.24) is 5.32 Å². The van der Waals surface area contributed by atoms with Crippen LogP contribution in [0.3, 0.4) is 0 Å². The fraction of sp³-hybridized carbons (Fsp3) is 0.417. The van der Waals surface area contributed by atoms with Crippen molar-refractivity contribution in [3.8, 4) is 17.6 Å². The lowest BCUT2D eigenvalue weighted by Gasteiger charge is -2.11. The quantitative estimate of drug-likeness (QED) is 0.820. The molecule has 4 nitrogen and oxygen atoms in total. The largest absolute Gasteiger partial charge is 0.493 e. The molecule has 0 aliphatic heterocycles. The Balaban J connectivity index is 3.11. The Hall–Kier alpha value is -1.73. The second kappa shape index (κ2) is 5.99. The highest BCUT2D eigenvalue weighted by Gasteiger charge is 2.10. The van der Waals surface area contributed by atoms with Crippen LogP contribution >= 0.6 is 0 Å². The first-order valence-electron chi connectivity index (χ1n) is 5.12. The van der Waals surface area contributed by atoms with Gasteiger partial charge in [0.2, 0.25) is 0 Å². The standard InChI is InChI=1S/C12H16N2O2/c1-4-14-8-10-6-12(16-3)11(15-2)5-9(10)7-13/h5-6,14H,4,8H2,1-3H3. The number of hydrogen-bond acceptors (Lipinski definition) is 4. The van der Waals surface area contributed by atoms with Crippen molar-refractivity contribution in [3.63, 3.8) is 0 Å². The molecule has 86 valence electrons. The minimum absolute atomic E-state index is 0.583. The Bertz CT molecular complexity index is 397. The number of ether oxygens (including phenoxy) is 2. The predicted octanol–water partition coefficient (Wildman–Crippen LogP) is 1.68. The molecule has 0 aliphatic rings. The van der Waals surface area contributed by atoms with Crippen LogP contribution in [0.4, 0.5) is 0 Å². The summed E-state index contributed by atoms with van der Waals surface area (Å²) in [7, 11) is 3.14. The predicted molar refractivity (Wildman–Crippen MR) is 61.6 cm³/mol. The van der Waals surface area contributed by atoms with Crippen molar-refractivity contribution in [2.24, 2.45) is 0 Å². The van der Waals surface area contributed by atoms with E-state index in [4.69, 9.17) is 14.7 Å². The van der Waals surface area contributed by atoms with Gasteiger partial charge in [0.15, 0.2) is 11.5 Å². The summed E-state index contributed by atoms with van der Waals surface area (Å²) in [6.07, 6.45) is 0. The van der Waals surface area contributed by atoms with Gasteiger partial charge in [0.05, 0.1) is 25.9 Å². The molecule has 1 aromatic rings. The SMILES string of the molecule is CCNCc1cc(OC)c(OC)cc1C#N. The highest BCUT2D eigenvalue weighted by molar-refractivity contribution is 5.51. The van der Waals surface area contributed by atoms with Gasteiger partial charge in [-0.2, -0.15) is 5.26 Å². The summed E-state index contributed by atoms with van der Waals surface area (Å²) in [5.74, 6) is 1.23. The molecule has 0 saturated carbocycles. The molecule has 0 radical (unpaired) electrons. The summed E-state index contributed by atoms with van der Waals surface area (Å²) in [5.41, 5.74) is 1.53. The first-order valence-corrected chi connectivity index (χ1v) is 5.12. The molecule has 1 rings (SSSR count). The topological polar surface area (TPSA) is 54.3 Å². The maximum atomic E-state index is 9.03. The monoisotopic (exact) mass is 220 g/mol. The Kier molecular flexibility index (Phi) is 4.62. The molecule has 0 spiro atoms. The number of benzene rings is 1. The summed E-state index contributed by atoms with van der Waals surface area (Å²) < 4.78 is 10.3. The van der Waals surface area contributed by atoms with Gasteiger partial charge in [-0.1, -0.05) is 6.92 Å². The first kappa shape index (κ1) is 12.3. The third-order valence-electron chi connectivity index (χ3n) is 2.30. The molecule has 16 heavy (non-hydrogen) atoms. The molecular formula is C12H16N2O2. The maximum absolute atomic E-state index is 9.03. The Morgan fingerprint density at radius 2 is 1.88 bits per heavy atom. The Morgan fingerprint density at radius 3 is 2.38 bits per heavy atom. The molecule has 0 fully saturated rings. The Labute approximate surface area is 95.8 Å². The molecule has 0 aliphatic carbocycles. The van der Waals surface area contributed by atoms with Crippen molar-refractivity contribution in [2.45, 2.75) is 13.5 Å². The normalized spacial score (nSPS) is 9.62. The molecule has 0 heterocycles. The molecule has 0 aromatic heterocycles. The van der Waals surface area contributed by atoms with E-state index in [2.05, 4.69) is 11.4 Å². The third-order valence-corrected chi connectivity index (χ3v) is 2.30. The number of rotatable bonds is 5. The van der Waals surface area contributed by atoms with Crippen LogP contribution in [0.5, 0.6) is 11.5 Å². The van der Waals surface area contributed by atoms with Gasteiger partial charge in [0, 0.05) is 12.6 Å². The number of nitrogens with zero attached hydrogens (tertiary/aromatic N) is 1. The first-order chi connectivity index (χ1) is 7.76. The van der Waals surface area contributed by atoms with Gasteiger partial charge in [-0.05, 0) is 18.2 Å². The number of hydrogen-bond donors (Lipinski definition) is 1. The Morgan fingerprint density at radius 1 is 1.25 bits per heavy atom. The van der Waals surface area contributed by atoms with E-state index in [9.17, 15) is 0 Å². The average Bonchev–Trinajstić information content (AvgIpc) is 2.35. The van der Waals surface area contributed by atoms with Gasteiger partial charge in [0.1, 0.15) is 0 Å². The molecule has 0 saturated heterocycles. The van der Waals surface area contributed by atoms with Gasteiger partial charge >= 0.3 is 0 Å². The average molecular weight is 220 g/mol. The fourth-order valence-corrected chi connectivity index (χ4v) is 1.43. The van der Waals surface area contributed by atoms with Crippen molar-refractivity contribution in [1.29, 1.82) is 5.26 Å². The summed E-state index contributed by atoms with van der Waals surface area (Å²) in [6, 6.07) is 5.69. The lowest BCUT2D eigenvalue weighted by Crippen LogP contribution is -2.13. The van der Waals surface area contributed by atoms with Crippen LogP contribution in [0, 0.1) is 11.3 Å². The molecule has 1 N–H and O–H groups in total. The van der Waals surface area contributed by atoms with E-state index in [1.807, 2.05) is 13.0 Å². The van der Waals surface area contributed by atoms with Crippen molar-refractivity contribution in [2.75, 3.05) is 20.8 Å². The minimum Gasteiger partial charge on any atom is -0.493 e. The number of methoxy groups -OCH3 is 2. The van der Waals surface area contributed by atoms with Gasteiger partial charge in [-0.25, -0.2) is 0 Å². The van der Waals surface area contributed by atoms with Crippen LogP contribution in [0.15, 0.2) is 12.1 Å². The molecule has 0 unspecified atom stereocenters. The molecular weight excluding hydrogens is 204 g/mol. The highest BCUT2D eigenvalue weighted by atomic mass is 16.5. The van der Waals surface area contributed by atoms with E-state index in [0.29, 0.717) is 23.6 Å². The molecule has 4 heteroatoms. The molecule has 0 atom stereocenters. The van der Waals surface area contributed by atoms with E-state index in [1.165, 1.54) is 0 Å². The van der Waals surface area contributed by atoms with Crippen LogP contribution in [-0.4, -0.2) is 20.8 Å². The molecule has 0 amide bonds. The second-order valence-electron chi connectivity index (χ2n) is 3.26. The summed E-state index contributed by atoms with van der Waals surface area (Å²) in [5, 5.41) is 12.2. The molecule has 1 aromatic carbocycles. The van der Waals surface area contributed by atoms with Crippen molar-refractivity contribution >= 4 is 0 Å². The minimum atomic E-state index is 0.583. The van der Waals surface area contributed by atoms with E-state index in [-0.39, 0.29) is 0 Å². The molecule has 0 bridgehead atoms. The maximum Gasteiger partial charge on any atom is 0.162 e. The van der Waals surface area contributed by atoms with E-state index in [1.54, 1.807) is 20.3 Å². The van der Waals surface area contributed by atoms with Gasteiger partial charge in [-0.3, -0.25) is 0 Å². The van der Waals surface area contributed by atoms with Crippen molar-refractivity contribution < 1.29 is 9.47 Å². The van der Waals surface area contributed by atoms with Gasteiger partial charge < -0.3 is 14.8 Å². The highest BCUT2D eigenvalue weighted by Crippen LogP contribution is 2.30. The van der Waals surface area contributed by atoms with Gasteiger partial charge in [-0.15, -0.1) is 0 Å². The zero-order valence-electron chi connectivity index (χ0n) is 9.83. The fourth-order valence-electron chi connectivity index (χ4n) is 1.43. The van der Waals surface area contributed by atoms with Crippen LogP contribution in [0.2, 0.25) is 0 Å². The van der Waals surface area contributed by atoms with Crippen LogP contribution < -0.4 is 14.8 Å². The van der Waals surface area contributed by atoms with Crippen LogP contribution in [0.1, 0.15) is 18.1 Å². The third kappa shape index (κ3) is 2.65. The summed E-state index contributed by atoms with van der Waals surface area (Å²) >= 11 is 0. The van der Waals surface area contributed by atoms with E-state index >= 15 is 0 Å². The van der Waals surface area contributed by atoms with E-state index < -0.39 is 0 Å². The van der Waals surface area contributed by atoms with Crippen LogP contribution in [-0.2, 0) is 6.54 Å². The zero-order chi connectivity index (χ0) is 12.0. The summed E-state index contributed by atoms with van der Waals surface area (Å²) in [6.45, 7) is 3.53.